The predicted molar refractivity (Wildman–Crippen MR) is 86.4 cm³/mol. The Hall–Kier alpha value is -2.12. The van der Waals surface area contributed by atoms with Gasteiger partial charge in [-0.05, 0) is 31.9 Å². The van der Waals surface area contributed by atoms with Gasteiger partial charge in [-0.25, -0.2) is 9.97 Å². The number of hydrogen-bond acceptors (Lipinski definition) is 7. The second kappa shape index (κ2) is 7.43. The van der Waals surface area contributed by atoms with Crippen molar-refractivity contribution in [1.82, 2.24) is 9.97 Å². The molecule has 0 bridgehead atoms. The van der Waals surface area contributed by atoms with E-state index in [9.17, 15) is 5.11 Å². The first-order valence-corrected chi connectivity index (χ1v) is 7.85. The zero-order valence-electron chi connectivity index (χ0n) is 13.2. The van der Waals surface area contributed by atoms with Gasteiger partial charge in [0.1, 0.15) is 35.6 Å². The minimum atomic E-state index is -0.721. The van der Waals surface area contributed by atoms with Crippen molar-refractivity contribution >= 4 is 11.6 Å². The molecule has 7 nitrogen and oxygen atoms in total. The van der Waals surface area contributed by atoms with Gasteiger partial charge in [0.25, 0.3) is 0 Å². The van der Waals surface area contributed by atoms with Crippen LogP contribution in [0.25, 0.3) is 0 Å². The van der Waals surface area contributed by atoms with Crippen LogP contribution in [-0.4, -0.2) is 40.9 Å². The Bertz CT molecular complexity index is 625. The summed E-state index contributed by atoms with van der Waals surface area (Å²) in [5.74, 6) is 2.73. The molecular formula is C16H22N4O3. The fourth-order valence-electron chi connectivity index (χ4n) is 2.53. The third-order valence-electron chi connectivity index (χ3n) is 3.75. The van der Waals surface area contributed by atoms with Crippen molar-refractivity contribution in [3.8, 4) is 0 Å². The topological polar surface area (TPSA) is 92.4 Å². The molecule has 23 heavy (non-hydrogen) atoms. The van der Waals surface area contributed by atoms with Crippen molar-refractivity contribution in [2.75, 3.05) is 30.4 Å². The van der Waals surface area contributed by atoms with Gasteiger partial charge in [0.2, 0.25) is 0 Å². The summed E-state index contributed by atoms with van der Waals surface area (Å²) in [5, 5.41) is 16.5. The molecule has 3 N–H and O–H groups in total. The summed E-state index contributed by atoms with van der Waals surface area (Å²) in [7, 11) is 0. The number of anilines is 2. The van der Waals surface area contributed by atoms with Gasteiger partial charge in [0, 0.05) is 19.2 Å². The number of nitrogens with zero attached hydrogens (tertiary/aromatic N) is 2. The Morgan fingerprint density at radius 3 is 2.96 bits per heavy atom. The van der Waals surface area contributed by atoms with E-state index in [1.807, 2.05) is 19.1 Å². The summed E-state index contributed by atoms with van der Waals surface area (Å²) in [6, 6.07) is 5.72. The fraction of sp³-hybridized carbons (Fsp3) is 0.500. The number of hydrogen-bond donors (Lipinski definition) is 3. The molecule has 0 aliphatic carbocycles. The largest absolute Gasteiger partial charge is 0.464 e. The van der Waals surface area contributed by atoms with Crippen LogP contribution >= 0.6 is 0 Å². The third kappa shape index (κ3) is 4.43. The first-order chi connectivity index (χ1) is 11.2. The van der Waals surface area contributed by atoms with E-state index in [1.54, 1.807) is 6.07 Å². The van der Waals surface area contributed by atoms with E-state index in [0.29, 0.717) is 24.7 Å². The van der Waals surface area contributed by atoms with Crippen LogP contribution in [0.5, 0.6) is 0 Å². The average Bonchev–Trinajstić information content (AvgIpc) is 3.01. The second-order valence-electron chi connectivity index (χ2n) is 5.69. The van der Waals surface area contributed by atoms with Crippen molar-refractivity contribution in [2.24, 2.45) is 0 Å². The number of aliphatic hydroxyl groups excluding tert-OH is 1. The molecule has 0 aromatic carbocycles. The maximum atomic E-state index is 10.1. The highest BCUT2D eigenvalue weighted by molar-refractivity contribution is 5.47. The quantitative estimate of drug-likeness (QED) is 0.751. The summed E-state index contributed by atoms with van der Waals surface area (Å²) < 4.78 is 10.9. The molecule has 2 aromatic heterocycles. The van der Waals surface area contributed by atoms with Crippen molar-refractivity contribution < 1.29 is 14.3 Å². The van der Waals surface area contributed by atoms with Gasteiger partial charge >= 0.3 is 0 Å². The summed E-state index contributed by atoms with van der Waals surface area (Å²) in [6.45, 7) is 3.69. The summed E-state index contributed by atoms with van der Waals surface area (Å²) in [6.07, 6.45) is 2.91. The lowest BCUT2D eigenvalue weighted by atomic mass is 10.1. The number of furan rings is 1. The number of aliphatic hydroxyl groups is 1. The smallest absolute Gasteiger partial charge is 0.134 e. The standard InChI is InChI=1S/C16H22N4O3/c1-11-4-5-14(23-11)13(21)8-17-15-7-16(19-10-18-15)20-12-3-2-6-22-9-12/h4-5,7,10,12-13,21H,2-3,6,8-9H2,1H3,(H2,17,18,19,20). The molecule has 1 saturated heterocycles. The van der Waals surface area contributed by atoms with E-state index in [2.05, 4.69) is 20.6 Å². The molecule has 0 saturated carbocycles. The average molecular weight is 318 g/mol. The highest BCUT2D eigenvalue weighted by Crippen LogP contribution is 2.18. The van der Waals surface area contributed by atoms with E-state index in [-0.39, 0.29) is 6.04 Å². The van der Waals surface area contributed by atoms with Crippen LogP contribution in [0.15, 0.2) is 28.9 Å². The Balaban J connectivity index is 1.54. The third-order valence-corrected chi connectivity index (χ3v) is 3.75. The molecule has 7 heteroatoms. The molecule has 0 radical (unpaired) electrons. The highest BCUT2D eigenvalue weighted by atomic mass is 16.5. The van der Waals surface area contributed by atoms with Crippen molar-refractivity contribution in [1.29, 1.82) is 0 Å². The van der Waals surface area contributed by atoms with Gasteiger partial charge in [-0.1, -0.05) is 0 Å². The Morgan fingerprint density at radius 2 is 2.22 bits per heavy atom. The van der Waals surface area contributed by atoms with Gasteiger partial charge in [-0.3, -0.25) is 0 Å². The fourth-order valence-corrected chi connectivity index (χ4v) is 2.53. The van der Waals surface area contributed by atoms with Crippen LogP contribution < -0.4 is 10.6 Å². The molecule has 2 unspecified atom stereocenters. The molecule has 2 atom stereocenters. The number of aryl methyl sites for hydroxylation is 1. The summed E-state index contributed by atoms with van der Waals surface area (Å²) in [5.41, 5.74) is 0. The van der Waals surface area contributed by atoms with Gasteiger partial charge < -0.3 is 24.9 Å². The van der Waals surface area contributed by atoms with E-state index in [1.165, 1.54) is 6.33 Å². The molecule has 1 aliphatic rings. The Labute approximate surface area is 135 Å². The number of nitrogens with one attached hydrogen (secondary N) is 2. The molecular weight excluding hydrogens is 296 g/mol. The van der Waals surface area contributed by atoms with E-state index < -0.39 is 6.10 Å². The van der Waals surface area contributed by atoms with E-state index in [4.69, 9.17) is 9.15 Å². The van der Waals surface area contributed by atoms with E-state index >= 15 is 0 Å². The SMILES string of the molecule is Cc1ccc(C(O)CNc2cc(NC3CCCOC3)ncn2)o1. The van der Waals surface area contributed by atoms with Crippen LogP contribution in [0.1, 0.15) is 30.5 Å². The Kier molecular flexibility index (Phi) is 5.09. The molecule has 1 fully saturated rings. The van der Waals surface area contributed by atoms with Crippen LogP contribution in [0.3, 0.4) is 0 Å². The van der Waals surface area contributed by atoms with Crippen LogP contribution in [0.4, 0.5) is 11.6 Å². The molecule has 124 valence electrons. The maximum Gasteiger partial charge on any atom is 0.134 e. The molecule has 2 aromatic rings. The lowest BCUT2D eigenvalue weighted by Gasteiger charge is -2.23. The molecule has 0 spiro atoms. The number of rotatable bonds is 6. The Morgan fingerprint density at radius 1 is 1.35 bits per heavy atom. The first-order valence-electron chi connectivity index (χ1n) is 7.85. The molecule has 3 heterocycles. The normalized spacial score (nSPS) is 19.3. The highest BCUT2D eigenvalue weighted by Gasteiger charge is 2.15. The van der Waals surface area contributed by atoms with Crippen LogP contribution in [0.2, 0.25) is 0 Å². The van der Waals surface area contributed by atoms with Gasteiger partial charge in [-0.2, -0.15) is 0 Å². The maximum absolute atomic E-state index is 10.1. The van der Waals surface area contributed by atoms with Gasteiger partial charge in [0.05, 0.1) is 12.6 Å². The minimum absolute atomic E-state index is 0.281. The second-order valence-corrected chi connectivity index (χ2v) is 5.69. The van der Waals surface area contributed by atoms with Gasteiger partial charge in [0.15, 0.2) is 0 Å². The molecule has 1 aliphatic heterocycles. The predicted octanol–water partition coefficient (Wildman–Crippen LogP) is 2.11. The van der Waals surface area contributed by atoms with Crippen LogP contribution in [-0.2, 0) is 4.74 Å². The van der Waals surface area contributed by atoms with Crippen molar-refractivity contribution in [3.05, 3.63) is 36.0 Å². The summed E-state index contributed by atoms with van der Waals surface area (Å²) >= 11 is 0. The van der Waals surface area contributed by atoms with Crippen molar-refractivity contribution in [2.45, 2.75) is 31.9 Å². The van der Waals surface area contributed by atoms with Gasteiger partial charge in [-0.15, -0.1) is 0 Å². The minimum Gasteiger partial charge on any atom is -0.464 e. The zero-order chi connectivity index (χ0) is 16.1. The molecule has 0 amide bonds. The lowest BCUT2D eigenvalue weighted by Crippen LogP contribution is -2.30. The first kappa shape index (κ1) is 15.8. The van der Waals surface area contributed by atoms with Crippen LogP contribution in [0, 0.1) is 6.92 Å². The summed E-state index contributed by atoms with van der Waals surface area (Å²) in [4.78, 5) is 8.39. The monoisotopic (exact) mass is 318 g/mol. The molecule has 3 rings (SSSR count). The number of aromatic nitrogens is 2. The zero-order valence-corrected chi connectivity index (χ0v) is 13.2. The van der Waals surface area contributed by atoms with Crippen molar-refractivity contribution in [3.63, 3.8) is 0 Å². The van der Waals surface area contributed by atoms with E-state index in [0.717, 1.165) is 31.0 Å². The number of ether oxygens (including phenoxy) is 1. The lowest BCUT2D eigenvalue weighted by molar-refractivity contribution is 0.0875.